The lowest BCUT2D eigenvalue weighted by Crippen LogP contribution is -2.35. The number of carbonyl (C=O) groups is 2. The number of rotatable bonds is 6. The first kappa shape index (κ1) is 16.8. The molecule has 1 aromatic carbocycles. The highest BCUT2D eigenvalue weighted by atomic mass is 16.2. The molecular formula is C20H24N4O2. The van der Waals surface area contributed by atoms with Crippen LogP contribution in [0, 0.1) is 5.92 Å². The SMILES string of the molecule is CN(Cc1nccn1Cc1ccccc1)C(=O)C1CC(=O)N(C2CC2)C1. The van der Waals surface area contributed by atoms with Crippen molar-refractivity contribution >= 4 is 11.8 Å². The van der Waals surface area contributed by atoms with Gasteiger partial charge in [0.1, 0.15) is 5.82 Å². The molecule has 1 aliphatic carbocycles. The quantitative estimate of drug-likeness (QED) is 0.798. The zero-order valence-corrected chi connectivity index (χ0v) is 15.0. The predicted molar refractivity (Wildman–Crippen MR) is 97.1 cm³/mol. The molecule has 2 amide bonds. The maximum atomic E-state index is 12.8. The summed E-state index contributed by atoms with van der Waals surface area (Å²) in [5, 5.41) is 0. The fourth-order valence-electron chi connectivity index (χ4n) is 3.65. The van der Waals surface area contributed by atoms with Gasteiger partial charge in [0, 0.05) is 45.0 Å². The Bertz CT molecular complexity index is 797. The molecule has 2 aromatic rings. The molecule has 2 aliphatic rings. The van der Waals surface area contributed by atoms with E-state index in [2.05, 4.69) is 21.7 Å². The molecule has 1 aromatic heterocycles. The number of hydrogen-bond acceptors (Lipinski definition) is 3. The fraction of sp³-hybridized carbons (Fsp3) is 0.450. The van der Waals surface area contributed by atoms with Crippen LogP contribution in [0.2, 0.25) is 0 Å². The number of carbonyl (C=O) groups excluding carboxylic acids is 2. The van der Waals surface area contributed by atoms with E-state index in [0.717, 1.165) is 25.2 Å². The highest BCUT2D eigenvalue weighted by Crippen LogP contribution is 2.33. The third kappa shape index (κ3) is 3.49. The molecule has 1 saturated heterocycles. The Balaban J connectivity index is 1.39. The molecule has 1 atom stereocenters. The van der Waals surface area contributed by atoms with E-state index in [1.165, 1.54) is 5.56 Å². The molecule has 1 saturated carbocycles. The van der Waals surface area contributed by atoms with Gasteiger partial charge in [0.15, 0.2) is 0 Å². The van der Waals surface area contributed by atoms with Gasteiger partial charge in [-0.2, -0.15) is 0 Å². The number of nitrogens with zero attached hydrogens (tertiary/aromatic N) is 4. The van der Waals surface area contributed by atoms with Gasteiger partial charge in [-0.25, -0.2) is 4.98 Å². The van der Waals surface area contributed by atoms with Crippen LogP contribution in [0.3, 0.4) is 0 Å². The summed E-state index contributed by atoms with van der Waals surface area (Å²) in [7, 11) is 1.80. The smallest absolute Gasteiger partial charge is 0.228 e. The van der Waals surface area contributed by atoms with E-state index < -0.39 is 0 Å². The van der Waals surface area contributed by atoms with E-state index in [1.54, 1.807) is 18.1 Å². The average molecular weight is 352 g/mol. The summed E-state index contributed by atoms with van der Waals surface area (Å²) in [6, 6.07) is 10.6. The maximum absolute atomic E-state index is 12.8. The van der Waals surface area contributed by atoms with Crippen molar-refractivity contribution in [2.75, 3.05) is 13.6 Å². The van der Waals surface area contributed by atoms with Crippen LogP contribution in [0.1, 0.15) is 30.7 Å². The highest BCUT2D eigenvalue weighted by molar-refractivity contribution is 5.89. The van der Waals surface area contributed by atoms with Gasteiger partial charge in [-0.15, -0.1) is 0 Å². The van der Waals surface area contributed by atoms with E-state index in [9.17, 15) is 9.59 Å². The lowest BCUT2D eigenvalue weighted by Gasteiger charge is -2.21. The van der Waals surface area contributed by atoms with Crippen molar-refractivity contribution in [2.24, 2.45) is 5.92 Å². The monoisotopic (exact) mass is 352 g/mol. The standard InChI is InChI=1S/C20H24N4O2/c1-22(20(26)16-11-19(25)24(13-16)17-7-8-17)14-18-21-9-10-23(18)12-15-5-3-2-4-6-15/h2-6,9-10,16-17H,7-8,11-14H2,1H3. The number of likely N-dealkylation sites (tertiary alicyclic amines) is 1. The topological polar surface area (TPSA) is 58.4 Å². The molecule has 2 heterocycles. The van der Waals surface area contributed by atoms with Crippen LogP contribution < -0.4 is 0 Å². The van der Waals surface area contributed by atoms with Gasteiger partial charge in [-0.05, 0) is 18.4 Å². The predicted octanol–water partition coefficient (Wildman–Crippen LogP) is 1.90. The molecule has 136 valence electrons. The second-order valence-electron chi connectivity index (χ2n) is 7.33. The summed E-state index contributed by atoms with van der Waals surface area (Å²) >= 11 is 0. The third-order valence-electron chi connectivity index (χ3n) is 5.25. The lowest BCUT2D eigenvalue weighted by atomic mass is 10.1. The molecule has 0 radical (unpaired) electrons. The fourth-order valence-corrected chi connectivity index (χ4v) is 3.65. The van der Waals surface area contributed by atoms with E-state index in [0.29, 0.717) is 25.6 Å². The van der Waals surface area contributed by atoms with Crippen LogP contribution in [-0.2, 0) is 22.7 Å². The van der Waals surface area contributed by atoms with Gasteiger partial charge < -0.3 is 14.4 Å². The average Bonchev–Trinajstić information content (AvgIpc) is 3.29. The summed E-state index contributed by atoms with van der Waals surface area (Å²) in [6.07, 6.45) is 6.22. The van der Waals surface area contributed by atoms with Crippen molar-refractivity contribution in [3.05, 3.63) is 54.1 Å². The maximum Gasteiger partial charge on any atom is 0.228 e. The van der Waals surface area contributed by atoms with E-state index in [4.69, 9.17) is 0 Å². The third-order valence-corrected chi connectivity index (χ3v) is 5.25. The number of imidazole rings is 1. The van der Waals surface area contributed by atoms with Gasteiger partial charge in [-0.1, -0.05) is 30.3 Å². The minimum Gasteiger partial charge on any atom is -0.339 e. The molecule has 4 rings (SSSR count). The number of amides is 2. The first-order valence-corrected chi connectivity index (χ1v) is 9.20. The Morgan fingerprint density at radius 1 is 1.27 bits per heavy atom. The van der Waals surface area contributed by atoms with Crippen LogP contribution in [0.4, 0.5) is 0 Å². The number of benzene rings is 1. The molecule has 0 bridgehead atoms. The van der Waals surface area contributed by atoms with Crippen molar-refractivity contribution in [1.29, 1.82) is 0 Å². The second kappa shape index (κ2) is 6.94. The van der Waals surface area contributed by atoms with Crippen molar-refractivity contribution in [1.82, 2.24) is 19.4 Å². The zero-order valence-electron chi connectivity index (χ0n) is 15.0. The molecule has 0 N–H and O–H groups in total. The van der Waals surface area contributed by atoms with Crippen molar-refractivity contribution < 1.29 is 9.59 Å². The molecular weight excluding hydrogens is 328 g/mol. The first-order valence-electron chi connectivity index (χ1n) is 9.20. The largest absolute Gasteiger partial charge is 0.339 e. The van der Waals surface area contributed by atoms with Crippen molar-refractivity contribution in [3.63, 3.8) is 0 Å². The second-order valence-corrected chi connectivity index (χ2v) is 7.33. The molecule has 26 heavy (non-hydrogen) atoms. The Hall–Kier alpha value is -2.63. The molecule has 6 nitrogen and oxygen atoms in total. The van der Waals surface area contributed by atoms with Crippen molar-refractivity contribution in [3.8, 4) is 0 Å². The Kier molecular flexibility index (Phi) is 4.49. The molecule has 1 aliphatic heterocycles. The van der Waals surface area contributed by atoms with Crippen LogP contribution in [-0.4, -0.2) is 50.8 Å². The van der Waals surface area contributed by atoms with Gasteiger partial charge in [-0.3, -0.25) is 9.59 Å². The van der Waals surface area contributed by atoms with Crippen LogP contribution in [0.25, 0.3) is 0 Å². The first-order chi connectivity index (χ1) is 12.6. The lowest BCUT2D eigenvalue weighted by molar-refractivity contribution is -0.135. The van der Waals surface area contributed by atoms with Gasteiger partial charge in [0.05, 0.1) is 12.5 Å². The van der Waals surface area contributed by atoms with Crippen molar-refractivity contribution in [2.45, 2.75) is 38.4 Å². The molecule has 6 heteroatoms. The van der Waals surface area contributed by atoms with Gasteiger partial charge >= 0.3 is 0 Å². The Labute approximate surface area is 153 Å². The number of aromatic nitrogens is 2. The summed E-state index contributed by atoms with van der Waals surface area (Å²) < 4.78 is 2.06. The summed E-state index contributed by atoms with van der Waals surface area (Å²) in [5.74, 6) is 0.805. The zero-order chi connectivity index (χ0) is 18.1. The van der Waals surface area contributed by atoms with Crippen LogP contribution >= 0.6 is 0 Å². The van der Waals surface area contributed by atoms with Crippen LogP contribution in [0.5, 0.6) is 0 Å². The number of hydrogen-bond donors (Lipinski definition) is 0. The Morgan fingerprint density at radius 2 is 2.04 bits per heavy atom. The molecule has 2 fully saturated rings. The van der Waals surface area contributed by atoms with E-state index >= 15 is 0 Å². The van der Waals surface area contributed by atoms with Gasteiger partial charge in [0.25, 0.3) is 0 Å². The van der Waals surface area contributed by atoms with E-state index in [1.807, 2.05) is 29.3 Å². The summed E-state index contributed by atoms with van der Waals surface area (Å²) in [6.45, 7) is 1.76. The molecule has 0 spiro atoms. The van der Waals surface area contributed by atoms with E-state index in [-0.39, 0.29) is 17.7 Å². The minimum atomic E-state index is -0.217. The van der Waals surface area contributed by atoms with Gasteiger partial charge in [0.2, 0.25) is 11.8 Å². The summed E-state index contributed by atoms with van der Waals surface area (Å²) in [4.78, 5) is 32.9. The van der Waals surface area contributed by atoms with Crippen LogP contribution in [0.15, 0.2) is 42.7 Å². The minimum absolute atomic E-state index is 0.0377. The molecule has 1 unspecified atom stereocenters. The Morgan fingerprint density at radius 3 is 2.77 bits per heavy atom. The highest BCUT2D eigenvalue weighted by Gasteiger charge is 2.42. The summed E-state index contributed by atoms with van der Waals surface area (Å²) in [5.41, 5.74) is 1.20. The normalized spacial score (nSPS) is 19.8.